The van der Waals surface area contributed by atoms with Crippen molar-refractivity contribution in [1.82, 2.24) is 5.32 Å². The molecule has 2 aromatic carbocycles. The first-order valence-electron chi connectivity index (χ1n) is 9.36. The molecule has 1 heterocycles. The minimum Gasteiger partial charge on any atom is -0.477 e. The monoisotopic (exact) mass is 401 g/mol. The van der Waals surface area contributed by atoms with Crippen molar-refractivity contribution >= 4 is 34.8 Å². The molecule has 2 N–H and O–H groups in total. The highest BCUT2D eigenvalue weighted by Gasteiger charge is 2.34. The Morgan fingerprint density at radius 2 is 2.04 bits per heavy atom. The zero-order chi connectivity index (χ0) is 20.1. The van der Waals surface area contributed by atoms with E-state index in [4.69, 9.17) is 16.3 Å². The SMILES string of the molecule is CCCNC(=O)[C@H]1CN([C@@H](C)C(=O)Nc2cccc(Cl)c2)c2ccccc2O1. The molecule has 0 fully saturated rings. The highest BCUT2D eigenvalue weighted by atomic mass is 35.5. The number of benzene rings is 2. The minimum atomic E-state index is -0.678. The molecule has 28 heavy (non-hydrogen) atoms. The molecule has 7 heteroatoms. The van der Waals surface area contributed by atoms with Crippen molar-refractivity contribution in [2.45, 2.75) is 32.4 Å². The molecule has 0 unspecified atom stereocenters. The molecule has 148 valence electrons. The van der Waals surface area contributed by atoms with Crippen LogP contribution in [0.4, 0.5) is 11.4 Å². The number of amides is 2. The number of rotatable bonds is 6. The van der Waals surface area contributed by atoms with E-state index in [0.717, 1.165) is 12.1 Å². The van der Waals surface area contributed by atoms with Gasteiger partial charge in [0.2, 0.25) is 5.91 Å². The number of hydrogen-bond donors (Lipinski definition) is 2. The van der Waals surface area contributed by atoms with Crippen LogP contribution in [0.15, 0.2) is 48.5 Å². The third-order valence-corrected chi connectivity index (χ3v) is 4.82. The van der Waals surface area contributed by atoms with Crippen molar-refractivity contribution in [3.63, 3.8) is 0 Å². The smallest absolute Gasteiger partial charge is 0.262 e. The number of hydrogen-bond acceptors (Lipinski definition) is 4. The number of carbonyl (C=O) groups is 2. The second-order valence-corrected chi connectivity index (χ2v) is 7.13. The van der Waals surface area contributed by atoms with E-state index in [1.54, 1.807) is 24.3 Å². The maximum atomic E-state index is 12.8. The first kappa shape index (κ1) is 20.0. The number of fused-ring (bicyclic) bond motifs is 1. The number of carbonyl (C=O) groups excluding carboxylic acids is 2. The van der Waals surface area contributed by atoms with Gasteiger partial charge in [-0.3, -0.25) is 9.59 Å². The molecule has 0 aromatic heterocycles. The molecule has 2 amide bonds. The summed E-state index contributed by atoms with van der Waals surface area (Å²) in [5, 5.41) is 6.30. The number of nitrogens with zero attached hydrogens (tertiary/aromatic N) is 1. The quantitative estimate of drug-likeness (QED) is 0.777. The summed E-state index contributed by atoms with van der Waals surface area (Å²) in [5.74, 6) is 0.225. The van der Waals surface area contributed by atoms with Crippen LogP contribution in [0.1, 0.15) is 20.3 Å². The molecular formula is C21H24ClN3O3. The molecule has 0 radical (unpaired) electrons. The molecule has 0 saturated heterocycles. The lowest BCUT2D eigenvalue weighted by atomic mass is 10.1. The molecule has 6 nitrogen and oxygen atoms in total. The van der Waals surface area contributed by atoms with Gasteiger partial charge in [0.15, 0.2) is 6.10 Å². The van der Waals surface area contributed by atoms with Crippen LogP contribution in [-0.2, 0) is 9.59 Å². The molecule has 0 spiro atoms. The van der Waals surface area contributed by atoms with E-state index in [9.17, 15) is 9.59 Å². The summed E-state index contributed by atoms with van der Waals surface area (Å²) >= 11 is 6.00. The average molecular weight is 402 g/mol. The van der Waals surface area contributed by atoms with Crippen molar-refractivity contribution < 1.29 is 14.3 Å². The predicted octanol–water partition coefficient (Wildman–Crippen LogP) is 3.46. The van der Waals surface area contributed by atoms with E-state index in [2.05, 4.69) is 10.6 Å². The van der Waals surface area contributed by atoms with Crippen LogP contribution >= 0.6 is 11.6 Å². The number of anilines is 2. The fourth-order valence-corrected chi connectivity index (χ4v) is 3.27. The second kappa shape index (κ2) is 8.97. The fourth-order valence-electron chi connectivity index (χ4n) is 3.08. The Bertz CT molecular complexity index is 858. The van der Waals surface area contributed by atoms with Gasteiger partial charge in [0.1, 0.15) is 11.8 Å². The largest absolute Gasteiger partial charge is 0.477 e. The maximum Gasteiger partial charge on any atom is 0.262 e. The van der Waals surface area contributed by atoms with Crippen LogP contribution in [0, 0.1) is 0 Å². The highest BCUT2D eigenvalue weighted by molar-refractivity contribution is 6.30. The zero-order valence-corrected chi connectivity index (χ0v) is 16.7. The van der Waals surface area contributed by atoms with Gasteiger partial charge in [0.05, 0.1) is 12.2 Å². The summed E-state index contributed by atoms with van der Waals surface area (Å²) in [6.07, 6.45) is 0.167. The number of nitrogens with one attached hydrogen (secondary N) is 2. The van der Waals surface area contributed by atoms with Crippen molar-refractivity contribution in [2.75, 3.05) is 23.3 Å². The Balaban J connectivity index is 1.79. The van der Waals surface area contributed by atoms with Gasteiger partial charge in [-0.15, -0.1) is 0 Å². The van der Waals surface area contributed by atoms with Crippen molar-refractivity contribution in [2.24, 2.45) is 0 Å². The molecule has 2 aromatic rings. The molecule has 0 saturated carbocycles. The highest BCUT2D eigenvalue weighted by Crippen LogP contribution is 2.34. The van der Waals surface area contributed by atoms with Crippen LogP contribution in [-0.4, -0.2) is 37.0 Å². The van der Waals surface area contributed by atoms with Crippen LogP contribution in [0.25, 0.3) is 0 Å². The fraction of sp³-hybridized carbons (Fsp3) is 0.333. The summed E-state index contributed by atoms with van der Waals surface area (Å²) in [4.78, 5) is 27.2. The van der Waals surface area contributed by atoms with Crippen molar-refractivity contribution in [1.29, 1.82) is 0 Å². The third-order valence-electron chi connectivity index (χ3n) is 4.59. The predicted molar refractivity (Wildman–Crippen MR) is 111 cm³/mol. The molecular weight excluding hydrogens is 378 g/mol. The number of para-hydroxylation sites is 2. The van der Waals surface area contributed by atoms with Gasteiger partial charge >= 0.3 is 0 Å². The first-order valence-corrected chi connectivity index (χ1v) is 9.74. The number of ether oxygens (including phenoxy) is 1. The molecule has 1 aliphatic rings. The van der Waals surface area contributed by atoms with Crippen LogP contribution < -0.4 is 20.3 Å². The summed E-state index contributed by atoms with van der Waals surface area (Å²) in [6, 6.07) is 13.9. The molecule has 0 bridgehead atoms. The summed E-state index contributed by atoms with van der Waals surface area (Å²) in [7, 11) is 0. The van der Waals surface area contributed by atoms with E-state index < -0.39 is 12.1 Å². The van der Waals surface area contributed by atoms with E-state index >= 15 is 0 Å². The molecule has 0 aliphatic carbocycles. The van der Waals surface area contributed by atoms with Crippen LogP contribution in [0.3, 0.4) is 0 Å². The van der Waals surface area contributed by atoms with Gasteiger partial charge in [-0.1, -0.05) is 36.7 Å². The Hall–Kier alpha value is -2.73. The number of halogens is 1. The third kappa shape index (κ3) is 4.57. The lowest BCUT2D eigenvalue weighted by Crippen LogP contribution is -2.54. The summed E-state index contributed by atoms with van der Waals surface area (Å²) in [5.41, 5.74) is 1.42. The Morgan fingerprint density at radius 1 is 1.25 bits per heavy atom. The van der Waals surface area contributed by atoms with E-state index in [-0.39, 0.29) is 18.4 Å². The molecule has 2 atom stereocenters. The van der Waals surface area contributed by atoms with E-state index in [1.165, 1.54) is 0 Å². The van der Waals surface area contributed by atoms with Gasteiger partial charge in [-0.2, -0.15) is 0 Å². The Kier molecular flexibility index (Phi) is 6.41. The lowest BCUT2D eigenvalue weighted by molar-refractivity contribution is -0.128. The summed E-state index contributed by atoms with van der Waals surface area (Å²) < 4.78 is 5.88. The standard InChI is InChI=1S/C21H24ClN3O3/c1-3-11-23-21(27)19-13-25(17-9-4-5-10-18(17)28-19)14(2)20(26)24-16-8-6-7-15(22)12-16/h4-10,12,14,19H,3,11,13H2,1-2H3,(H,23,27)(H,24,26)/t14-,19+/m0/s1. The normalized spacial score (nSPS) is 16.5. The maximum absolute atomic E-state index is 12.8. The summed E-state index contributed by atoms with van der Waals surface area (Å²) in [6.45, 7) is 4.68. The first-order chi connectivity index (χ1) is 13.5. The Labute approximate surface area is 169 Å². The van der Waals surface area contributed by atoms with Gasteiger partial charge in [0, 0.05) is 17.3 Å². The molecule has 1 aliphatic heterocycles. The van der Waals surface area contributed by atoms with Crippen molar-refractivity contribution in [3.05, 3.63) is 53.6 Å². The van der Waals surface area contributed by atoms with Gasteiger partial charge in [-0.05, 0) is 43.7 Å². The van der Waals surface area contributed by atoms with Gasteiger partial charge in [0.25, 0.3) is 5.91 Å². The zero-order valence-electron chi connectivity index (χ0n) is 15.9. The van der Waals surface area contributed by atoms with E-state index in [0.29, 0.717) is 23.0 Å². The average Bonchev–Trinajstić information content (AvgIpc) is 2.70. The van der Waals surface area contributed by atoms with Crippen LogP contribution in [0.5, 0.6) is 5.75 Å². The lowest BCUT2D eigenvalue weighted by Gasteiger charge is -2.38. The van der Waals surface area contributed by atoms with Crippen molar-refractivity contribution in [3.8, 4) is 5.75 Å². The topological polar surface area (TPSA) is 70.7 Å². The Morgan fingerprint density at radius 3 is 2.79 bits per heavy atom. The minimum absolute atomic E-state index is 0.177. The van der Waals surface area contributed by atoms with Crippen LogP contribution in [0.2, 0.25) is 5.02 Å². The van der Waals surface area contributed by atoms with Gasteiger partial charge < -0.3 is 20.3 Å². The van der Waals surface area contributed by atoms with E-state index in [1.807, 2.05) is 43.0 Å². The molecule has 3 rings (SSSR count). The van der Waals surface area contributed by atoms with Gasteiger partial charge in [-0.25, -0.2) is 0 Å². The second-order valence-electron chi connectivity index (χ2n) is 6.69.